The Balaban J connectivity index is 1.91. The first-order valence-corrected chi connectivity index (χ1v) is 6.98. The van der Waals surface area contributed by atoms with E-state index in [0.29, 0.717) is 17.9 Å². The van der Waals surface area contributed by atoms with Crippen LogP contribution in [0.25, 0.3) is 0 Å². The van der Waals surface area contributed by atoms with Crippen LogP contribution in [0.3, 0.4) is 0 Å². The molecule has 1 aliphatic heterocycles. The molecule has 0 N–H and O–H groups in total. The van der Waals surface area contributed by atoms with Crippen LogP contribution in [0.15, 0.2) is 24.3 Å². The van der Waals surface area contributed by atoms with Crippen LogP contribution in [0.1, 0.15) is 44.0 Å². The summed E-state index contributed by atoms with van der Waals surface area (Å²) in [4.78, 5) is 14.0. The maximum Gasteiger partial charge on any atom is 0.163 e. The van der Waals surface area contributed by atoms with Crippen LogP contribution in [0.4, 0.5) is 0 Å². The van der Waals surface area contributed by atoms with Crippen molar-refractivity contribution in [2.24, 2.45) is 0 Å². The number of ether oxygens (including phenoxy) is 1. The van der Waals surface area contributed by atoms with E-state index < -0.39 is 0 Å². The number of ketones is 1. The monoisotopic (exact) mass is 261 g/mol. The summed E-state index contributed by atoms with van der Waals surface area (Å²) >= 11 is 0. The van der Waals surface area contributed by atoms with Crippen LogP contribution in [-0.2, 0) is 0 Å². The molecular weight excluding hydrogens is 238 g/mol. The number of nitrogens with zero attached hydrogens (tertiary/aromatic N) is 1. The summed E-state index contributed by atoms with van der Waals surface area (Å²) in [6.07, 6.45) is 2.51. The molecule has 1 aromatic carbocycles. The first-order chi connectivity index (χ1) is 9.00. The van der Waals surface area contributed by atoms with Gasteiger partial charge in [0, 0.05) is 12.1 Å². The van der Waals surface area contributed by atoms with Crippen molar-refractivity contribution < 1.29 is 9.53 Å². The zero-order valence-electron chi connectivity index (χ0n) is 12.1. The minimum absolute atomic E-state index is 0.0529. The van der Waals surface area contributed by atoms with Gasteiger partial charge in [-0.2, -0.15) is 0 Å². The van der Waals surface area contributed by atoms with Gasteiger partial charge in [0.05, 0.1) is 5.56 Å². The average Bonchev–Trinajstić information content (AvgIpc) is 2.69. The lowest BCUT2D eigenvalue weighted by Crippen LogP contribution is -2.40. The van der Waals surface area contributed by atoms with E-state index in [-0.39, 0.29) is 11.3 Å². The van der Waals surface area contributed by atoms with E-state index in [4.69, 9.17) is 4.74 Å². The molecule has 3 nitrogen and oxygen atoms in total. The zero-order valence-corrected chi connectivity index (χ0v) is 12.1. The van der Waals surface area contributed by atoms with Crippen LogP contribution < -0.4 is 4.74 Å². The molecule has 0 amide bonds. The van der Waals surface area contributed by atoms with Crippen LogP contribution in [0.2, 0.25) is 0 Å². The van der Waals surface area contributed by atoms with E-state index in [9.17, 15) is 4.79 Å². The maximum absolute atomic E-state index is 11.5. The van der Waals surface area contributed by atoms with Crippen LogP contribution in [0.5, 0.6) is 5.75 Å². The highest BCUT2D eigenvalue weighted by atomic mass is 16.5. The number of benzene rings is 1. The first-order valence-electron chi connectivity index (χ1n) is 6.98. The number of para-hydroxylation sites is 1. The molecule has 1 aliphatic rings. The largest absolute Gasteiger partial charge is 0.491 e. The fourth-order valence-electron chi connectivity index (χ4n) is 2.73. The SMILES string of the molecule is CC(=O)c1ccccc1OCCN1CCCC1(C)C. The second-order valence-corrected chi connectivity index (χ2v) is 5.80. The van der Waals surface area contributed by atoms with Gasteiger partial charge < -0.3 is 4.74 Å². The molecule has 2 rings (SSSR count). The van der Waals surface area contributed by atoms with E-state index in [1.807, 2.05) is 24.3 Å². The molecule has 0 bridgehead atoms. The number of likely N-dealkylation sites (tertiary alicyclic amines) is 1. The lowest BCUT2D eigenvalue weighted by Gasteiger charge is -2.31. The van der Waals surface area contributed by atoms with Crippen molar-refractivity contribution >= 4 is 5.78 Å². The fourth-order valence-corrected chi connectivity index (χ4v) is 2.73. The van der Waals surface area contributed by atoms with Gasteiger partial charge in [0.1, 0.15) is 12.4 Å². The summed E-state index contributed by atoms with van der Waals surface area (Å²) < 4.78 is 5.79. The molecule has 19 heavy (non-hydrogen) atoms. The van der Waals surface area contributed by atoms with Crippen molar-refractivity contribution in [2.75, 3.05) is 19.7 Å². The number of hydrogen-bond acceptors (Lipinski definition) is 3. The predicted molar refractivity (Wildman–Crippen MR) is 76.8 cm³/mol. The molecule has 104 valence electrons. The van der Waals surface area contributed by atoms with E-state index in [2.05, 4.69) is 18.7 Å². The van der Waals surface area contributed by atoms with E-state index >= 15 is 0 Å². The Bertz CT molecular complexity index is 454. The van der Waals surface area contributed by atoms with Gasteiger partial charge in [-0.25, -0.2) is 0 Å². The molecule has 1 heterocycles. The standard InChI is InChI=1S/C16H23NO2/c1-13(18)14-7-4-5-8-15(14)19-12-11-17-10-6-9-16(17,2)3/h4-5,7-8H,6,9-12H2,1-3H3. The molecule has 0 unspecified atom stereocenters. The molecule has 1 saturated heterocycles. The number of rotatable bonds is 5. The smallest absolute Gasteiger partial charge is 0.163 e. The third kappa shape index (κ3) is 3.35. The van der Waals surface area contributed by atoms with Crippen molar-refractivity contribution in [3.05, 3.63) is 29.8 Å². The highest BCUT2D eigenvalue weighted by Gasteiger charge is 2.31. The van der Waals surface area contributed by atoms with E-state index in [1.165, 1.54) is 12.8 Å². The van der Waals surface area contributed by atoms with Crippen molar-refractivity contribution in [3.63, 3.8) is 0 Å². The summed E-state index contributed by atoms with van der Waals surface area (Å²) in [6.45, 7) is 8.83. The molecule has 0 spiro atoms. The first kappa shape index (κ1) is 14.1. The van der Waals surface area contributed by atoms with Gasteiger partial charge in [-0.05, 0) is 52.3 Å². The molecule has 0 aliphatic carbocycles. The van der Waals surface area contributed by atoms with Crippen molar-refractivity contribution in [1.82, 2.24) is 4.90 Å². The molecule has 3 heteroatoms. The van der Waals surface area contributed by atoms with Crippen molar-refractivity contribution in [2.45, 2.75) is 39.2 Å². The van der Waals surface area contributed by atoms with Gasteiger partial charge in [0.2, 0.25) is 0 Å². The molecule has 0 radical (unpaired) electrons. The molecule has 0 atom stereocenters. The van der Waals surface area contributed by atoms with Crippen LogP contribution in [-0.4, -0.2) is 35.9 Å². The molecule has 1 fully saturated rings. The van der Waals surface area contributed by atoms with E-state index in [1.54, 1.807) is 6.92 Å². The number of hydrogen-bond donors (Lipinski definition) is 0. The highest BCUT2D eigenvalue weighted by molar-refractivity contribution is 5.96. The molecule has 0 aromatic heterocycles. The minimum atomic E-state index is 0.0529. The molecular formula is C16H23NO2. The van der Waals surface area contributed by atoms with E-state index in [0.717, 1.165) is 13.1 Å². The number of Topliss-reactive ketones (excluding diaryl/α,β-unsaturated/α-hetero) is 1. The van der Waals surface area contributed by atoms with Gasteiger partial charge >= 0.3 is 0 Å². The third-order valence-electron chi connectivity index (χ3n) is 3.96. The van der Waals surface area contributed by atoms with Crippen molar-refractivity contribution in [1.29, 1.82) is 0 Å². The number of carbonyl (C=O) groups excluding carboxylic acids is 1. The lowest BCUT2D eigenvalue weighted by molar-refractivity contribution is 0.101. The van der Waals surface area contributed by atoms with Gasteiger partial charge in [0.25, 0.3) is 0 Å². The Morgan fingerprint density at radius 2 is 2.11 bits per heavy atom. The average molecular weight is 261 g/mol. The summed E-state index contributed by atoms with van der Waals surface area (Å²) in [6, 6.07) is 7.46. The van der Waals surface area contributed by atoms with Gasteiger partial charge in [-0.3, -0.25) is 9.69 Å². The van der Waals surface area contributed by atoms with Gasteiger partial charge in [0.15, 0.2) is 5.78 Å². The zero-order chi connectivity index (χ0) is 13.9. The van der Waals surface area contributed by atoms with Crippen LogP contribution in [0, 0.1) is 0 Å². The minimum Gasteiger partial charge on any atom is -0.491 e. The number of carbonyl (C=O) groups is 1. The fraction of sp³-hybridized carbons (Fsp3) is 0.562. The second kappa shape index (κ2) is 5.74. The Morgan fingerprint density at radius 1 is 1.37 bits per heavy atom. The molecule has 0 saturated carbocycles. The summed E-state index contributed by atoms with van der Waals surface area (Å²) in [7, 11) is 0. The Morgan fingerprint density at radius 3 is 2.74 bits per heavy atom. The normalized spacial score (nSPS) is 18.5. The van der Waals surface area contributed by atoms with Crippen LogP contribution >= 0.6 is 0 Å². The summed E-state index contributed by atoms with van der Waals surface area (Å²) in [5.74, 6) is 0.754. The lowest BCUT2D eigenvalue weighted by atomic mass is 10.0. The topological polar surface area (TPSA) is 29.5 Å². The van der Waals surface area contributed by atoms with Crippen molar-refractivity contribution in [3.8, 4) is 5.75 Å². The highest BCUT2D eigenvalue weighted by Crippen LogP contribution is 2.27. The molecule has 1 aromatic rings. The van der Waals surface area contributed by atoms with Gasteiger partial charge in [-0.15, -0.1) is 0 Å². The quantitative estimate of drug-likeness (QED) is 0.763. The summed E-state index contributed by atoms with van der Waals surface area (Å²) in [5.41, 5.74) is 0.951. The Kier molecular flexibility index (Phi) is 4.25. The Hall–Kier alpha value is -1.35. The Labute approximate surface area is 115 Å². The third-order valence-corrected chi connectivity index (χ3v) is 3.96. The van der Waals surface area contributed by atoms with Gasteiger partial charge in [-0.1, -0.05) is 12.1 Å². The predicted octanol–water partition coefficient (Wildman–Crippen LogP) is 3.14. The maximum atomic E-state index is 11.5. The summed E-state index contributed by atoms with van der Waals surface area (Å²) in [5, 5.41) is 0. The second-order valence-electron chi connectivity index (χ2n) is 5.80.